The monoisotopic (exact) mass is 477 g/mol. The highest BCUT2D eigenvalue weighted by molar-refractivity contribution is 6.08. The third kappa shape index (κ3) is 4.50. The minimum absolute atomic E-state index is 0.0524. The molecule has 11 heteroatoms. The summed E-state index contributed by atoms with van der Waals surface area (Å²) in [5.74, 6) is 1.92. The van der Waals surface area contributed by atoms with Crippen molar-refractivity contribution in [3.05, 3.63) is 42.1 Å². The number of aromatic nitrogens is 5. The van der Waals surface area contributed by atoms with Crippen LogP contribution >= 0.6 is 0 Å². The van der Waals surface area contributed by atoms with Crippen LogP contribution < -0.4 is 16.0 Å². The van der Waals surface area contributed by atoms with Gasteiger partial charge in [0.1, 0.15) is 5.52 Å². The van der Waals surface area contributed by atoms with Gasteiger partial charge >= 0.3 is 0 Å². The van der Waals surface area contributed by atoms with E-state index in [-0.39, 0.29) is 17.1 Å². The van der Waals surface area contributed by atoms with Gasteiger partial charge < -0.3 is 20.5 Å². The fourth-order valence-electron chi connectivity index (χ4n) is 4.57. The maximum absolute atomic E-state index is 12.6. The Bertz CT molecular complexity index is 1290. The summed E-state index contributed by atoms with van der Waals surface area (Å²) in [5, 5.41) is 11.3. The van der Waals surface area contributed by atoms with Crippen molar-refractivity contribution in [2.45, 2.75) is 38.5 Å². The van der Waals surface area contributed by atoms with Crippen LogP contribution in [0.15, 0.2) is 34.2 Å². The van der Waals surface area contributed by atoms with Crippen LogP contribution in [0.3, 0.4) is 0 Å². The molecule has 3 aromatic rings. The van der Waals surface area contributed by atoms with Crippen molar-refractivity contribution in [1.82, 2.24) is 30.1 Å². The van der Waals surface area contributed by atoms with Crippen molar-refractivity contribution in [3.8, 4) is 0 Å². The topological polar surface area (TPSA) is 140 Å². The van der Waals surface area contributed by atoms with Crippen molar-refractivity contribution in [1.29, 1.82) is 0 Å². The zero-order chi connectivity index (χ0) is 24.6. The molecule has 0 bridgehead atoms. The zero-order valence-corrected chi connectivity index (χ0v) is 20.3. The van der Waals surface area contributed by atoms with Gasteiger partial charge in [-0.05, 0) is 37.2 Å². The normalized spacial score (nSPS) is 22.1. The molecule has 1 saturated carbocycles. The van der Waals surface area contributed by atoms with E-state index >= 15 is 0 Å². The number of piperidine rings is 1. The molecule has 3 N–H and O–H groups in total. The first-order chi connectivity index (χ1) is 16.9. The van der Waals surface area contributed by atoms with Gasteiger partial charge in [-0.1, -0.05) is 19.0 Å². The molecular weight excluding hydrogens is 446 g/mol. The minimum atomic E-state index is -0.284. The van der Waals surface area contributed by atoms with E-state index < -0.39 is 0 Å². The van der Waals surface area contributed by atoms with Gasteiger partial charge in [-0.25, -0.2) is 9.50 Å². The lowest BCUT2D eigenvalue weighted by atomic mass is 9.86. The largest absolute Gasteiger partial charge is 0.404 e. The fraction of sp³-hybridized carbons (Fsp3) is 0.500. The van der Waals surface area contributed by atoms with Crippen molar-refractivity contribution in [2.24, 2.45) is 22.6 Å². The van der Waals surface area contributed by atoms with Crippen molar-refractivity contribution < 1.29 is 9.32 Å². The molecule has 1 aliphatic carbocycles. The van der Waals surface area contributed by atoms with Crippen LogP contribution in [0.1, 0.15) is 55.3 Å². The van der Waals surface area contributed by atoms with Gasteiger partial charge in [-0.2, -0.15) is 10.1 Å². The summed E-state index contributed by atoms with van der Waals surface area (Å²) in [6.07, 6.45) is 9.78. The summed E-state index contributed by atoms with van der Waals surface area (Å²) in [6, 6.07) is 1.96. The van der Waals surface area contributed by atoms with E-state index in [1.54, 1.807) is 19.5 Å². The van der Waals surface area contributed by atoms with Crippen LogP contribution in [0.2, 0.25) is 0 Å². The number of nitrogens with zero attached hydrogens (tertiary/aromatic N) is 7. The number of carbonyl (C=O) groups excluding carboxylic acids is 1. The lowest BCUT2D eigenvalue weighted by Crippen LogP contribution is -2.44. The minimum Gasteiger partial charge on any atom is -0.404 e. The van der Waals surface area contributed by atoms with Gasteiger partial charge in [0.2, 0.25) is 5.89 Å². The second-order valence-electron chi connectivity index (χ2n) is 9.79. The third-order valence-corrected chi connectivity index (χ3v) is 7.17. The molecule has 4 heterocycles. The van der Waals surface area contributed by atoms with Crippen molar-refractivity contribution in [3.63, 3.8) is 0 Å². The SMILES string of the molecule is CN=CC(=CN)c1cn2nccc2c(N2CC[C@@H](CNC(=O)c3noc(C4(C)CC4)n3)[C@@H](C)C2)n1. The Kier molecular flexibility index (Phi) is 6.00. The molecule has 1 amide bonds. The maximum Gasteiger partial charge on any atom is 0.292 e. The second kappa shape index (κ2) is 9.12. The van der Waals surface area contributed by atoms with Crippen LogP contribution in [0.4, 0.5) is 5.82 Å². The summed E-state index contributed by atoms with van der Waals surface area (Å²) in [7, 11) is 1.70. The highest BCUT2D eigenvalue weighted by Crippen LogP contribution is 2.46. The molecule has 1 saturated heterocycles. The van der Waals surface area contributed by atoms with E-state index in [9.17, 15) is 4.79 Å². The van der Waals surface area contributed by atoms with Crippen molar-refractivity contribution >= 4 is 29.0 Å². The molecule has 2 fully saturated rings. The average Bonchev–Trinajstić information content (AvgIpc) is 3.26. The number of amides is 1. The quantitative estimate of drug-likeness (QED) is 0.493. The number of hydrogen-bond donors (Lipinski definition) is 2. The Morgan fingerprint density at radius 3 is 2.94 bits per heavy atom. The van der Waals surface area contributed by atoms with E-state index in [4.69, 9.17) is 15.2 Å². The fourth-order valence-corrected chi connectivity index (χ4v) is 4.57. The van der Waals surface area contributed by atoms with Gasteiger partial charge in [0, 0.05) is 50.1 Å². The van der Waals surface area contributed by atoms with Crippen LogP contribution in [-0.2, 0) is 5.41 Å². The molecule has 0 radical (unpaired) electrons. The van der Waals surface area contributed by atoms with E-state index in [2.05, 4.69) is 44.3 Å². The molecule has 2 aliphatic rings. The maximum atomic E-state index is 12.6. The lowest BCUT2D eigenvalue weighted by molar-refractivity contribution is 0.0926. The summed E-state index contributed by atoms with van der Waals surface area (Å²) in [6.45, 7) is 6.47. The molecular formula is C24H31N9O2. The number of nitrogens with one attached hydrogen (secondary N) is 1. The highest BCUT2D eigenvalue weighted by Gasteiger charge is 2.45. The molecule has 5 rings (SSSR count). The molecule has 2 atom stereocenters. The summed E-state index contributed by atoms with van der Waals surface area (Å²) in [5.41, 5.74) is 8.15. The Labute approximate surface area is 203 Å². The zero-order valence-electron chi connectivity index (χ0n) is 20.3. The van der Waals surface area contributed by atoms with Crippen LogP contribution in [-0.4, -0.2) is 63.5 Å². The number of fused-ring (bicyclic) bond motifs is 1. The Morgan fingerprint density at radius 2 is 2.23 bits per heavy atom. The first-order valence-corrected chi connectivity index (χ1v) is 12.0. The van der Waals surface area contributed by atoms with Crippen LogP contribution in [0, 0.1) is 11.8 Å². The van der Waals surface area contributed by atoms with Gasteiger partial charge in [0.05, 0.1) is 18.1 Å². The van der Waals surface area contributed by atoms with Crippen LogP contribution in [0.5, 0.6) is 0 Å². The Morgan fingerprint density at radius 1 is 1.40 bits per heavy atom. The van der Waals surface area contributed by atoms with E-state index in [0.717, 1.165) is 49.3 Å². The van der Waals surface area contributed by atoms with Crippen LogP contribution in [0.25, 0.3) is 11.1 Å². The smallest absolute Gasteiger partial charge is 0.292 e. The molecule has 11 nitrogen and oxygen atoms in total. The molecule has 3 aromatic heterocycles. The molecule has 0 unspecified atom stereocenters. The Balaban J connectivity index is 1.25. The number of aliphatic imine (C=N–C) groups is 1. The molecule has 0 aromatic carbocycles. The predicted octanol–water partition coefficient (Wildman–Crippen LogP) is 2.06. The first kappa shape index (κ1) is 23.0. The highest BCUT2D eigenvalue weighted by atomic mass is 16.5. The Hall–Kier alpha value is -3.76. The summed E-state index contributed by atoms with van der Waals surface area (Å²) < 4.78 is 7.13. The summed E-state index contributed by atoms with van der Waals surface area (Å²) in [4.78, 5) is 28.2. The number of rotatable bonds is 7. The standard InChI is InChI=1S/C24H31N9O2/c1-15-13-32(21-19-4-8-28-33(19)14-18(29-21)17(10-25)11-26-3)9-5-16(15)12-27-22(34)20-30-23(35-31-20)24(2)6-7-24/h4,8,10-11,14-16H,5-7,9,12-13,25H2,1-3H3,(H,27,34)/t15-,16-/m0/s1. The summed E-state index contributed by atoms with van der Waals surface area (Å²) >= 11 is 0. The average molecular weight is 478 g/mol. The molecule has 0 spiro atoms. The van der Waals surface area contributed by atoms with E-state index in [1.807, 2.05) is 16.8 Å². The molecule has 35 heavy (non-hydrogen) atoms. The first-order valence-electron chi connectivity index (χ1n) is 12.0. The number of hydrogen-bond acceptors (Lipinski definition) is 9. The third-order valence-electron chi connectivity index (χ3n) is 7.17. The molecule has 1 aliphatic heterocycles. The van der Waals surface area contributed by atoms with Gasteiger partial charge in [-0.3, -0.25) is 9.79 Å². The van der Waals surface area contributed by atoms with Gasteiger partial charge in [0.25, 0.3) is 11.7 Å². The predicted molar refractivity (Wildman–Crippen MR) is 132 cm³/mol. The lowest BCUT2D eigenvalue weighted by Gasteiger charge is -2.38. The second-order valence-corrected chi connectivity index (χ2v) is 9.79. The van der Waals surface area contributed by atoms with E-state index in [0.29, 0.717) is 30.0 Å². The number of nitrogens with two attached hydrogens (primary N) is 1. The van der Waals surface area contributed by atoms with Crippen molar-refractivity contribution in [2.75, 3.05) is 31.6 Å². The van der Waals surface area contributed by atoms with Gasteiger partial charge in [-0.15, -0.1) is 0 Å². The number of carbonyl (C=O) groups is 1. The number of anilines is 1. The number of allylic oxidation sites excluding steroid dienone is 1. The molecule has 184 valence electrons. The van der Waals surface area contributed by atoms with E-state index in [1.165, 1.54) is 6.20 Å². The van der Waals surface area contributed by atoms with Gasteiger partial charge in [0.15, 0.2) is 5.82 Å².